The Morgan fingerprint density at radius 2 is 1.56 bits per heavy atom. The molecule has 0 saturated carbocycles. The molecule has 0 aliphatic heterocycles. The van der Waals surface area contributed by atoms with Crippen LogP contribution in [0.5, 0.6) is 0 Å². The summed E-state index contributed by atoms with van der Waals surface area (Å²) < 4.78 is 5.04. The Hall–Kier alpha value is -0.570. The molecule has 1 unspecified atom stereocenters. The van der Waals surface area contributed by atoms with Gasteiger partial charge in [0, 0.05) is 0 Å². The molecule has 0 aliphatic rings. The van der Waals surface area contributed by atoms with E-state index in [4.69, 9.17) is 10.5 Å². The van der Waals surface area contributed by atoms with Gasteiger partial charge in [0.1, 0.15) is 5.54 Å². The third kappa shape index (κ3) is 7.00. The smallest absolute Gasteiger partial charge is 0.326 e. The van der Waals surface area contributed by atoms with Gasteiger partial charge in [0.25, 0.3) is 0 Å². The van der Waals surface area contributed by atoms with Gasteiger partial charge in [-0.15, -0.1) is 0 Å². The van der Waals surface area contributed by atoms with Crippen LogP contribution in [0.3, 0.4) is 0 Å². The molecule has 108 valence electrons. The standard InChI is InChI=1S/C15H31NO2/c1-4-7-8-9-10-11-12-13-15(16,5-2)14(17)18-6-3/h4-13,16H2,1-3H3. The summed E-state index contributed by atoms with van der Waals surface area (Å²) in [7, 11) is 0. The average Bonchev–Trinajstić information content (AvgIpc) is 2.37. The fourth-order valence-electron chi connectivity index (χ4n) is 2.10. The Labute approximate surface area is 112 Å². The predicted octanol–water partition coefficient (Wildman–Crippen LogP) is 3.80. The quantitative estimate of drug-likeness (QED) is 0.452. The van der Waals surface area contributed by atoms with Crippen LogP contribution in [-0.4, -0.2) is 18.1 Å². The highest BCUT2D eigenvalue weighted by atomic mass is 16.5. The van der Waals surface area contributed by atoms with Crippen molar-refractivity contribution in [1.82, 2.24) is 0 Å². The molecule has 0 bridgehead atoms. The lowest BCUT2D eigenvalue weighted by Gasteiger charge is -2.25. The largest absolute Gasteiger partial charge is 0.465 e. The van der Waals surface area contributed by atoms with Crippen LogP contribution in [-0.2, 0) is 9.53 Å². The maximum absolute atomic E-state index is 11.8. The number of carbonyl (C=O) groups excluding carboxylic acids is 1. The van der Waals surface area contributed by atoms with Crippen molar-refractivity contribution in [2.45, 2.75) is 84.1 Å². The van der Waals surface area contributed by atoms with E-state index in [0.29, 0.717) is 13.0 Å². The summed E-state index contributed by atoms with van der Waals surface area (Å²) in [6.07, 6.45) is 10.1. The topological polar surface area (TPSA) is 52.3 Å². The van der Waals surface area contributed by atoms with Gasteiger partial charge >= 0.3 is 5.97 Å². The Morgan fingerprint density at radius 3 is 2.06 bits per heavy atom. The van der Waals surface area contributed by atoms with Crippen molar-refractivity contribution in [2.24, 2.45) is 5.73 Å². The number of hydrogen-bond donors (Lipinski definition) is 1. The second-order valence-electron chi connectivity index (χ2n) is 5.10. The number of carbonyl (C=O) groups is 1. The summed E-state index contributed by atoms with van der Waals surface area (Å²) in [5.41, 5.74) is 5.35. The molecule has 0 aromatic heterocycles. The normalized spacial score (nSPS) is 14.2. The third-order valence-corrected chi connectivity index (χ3v) is 3.54. The molecule has 0 rings (SSSR count). The lowest BCUT2D eigenvalue weighted by Crippen LogP contribution is -2.48. The van der Waals surface area contributed by atoms with Crippen molar-refractivity contribution < 1.29 is 9.53 Å². The first-order valence-corrected chi connectivity index (χ1v) is 7.56. The fourth-order valence-corrected chi connectivity index (χ4v) is 2.10. The first kappa shape index (κ1) is 17.4. The van der Waals surface area contributed by atoms with Gasteiger partial charge in [0.05, 0.1) is 6.61 Å². The summed E-state index contributed by atoms with van der Waals surface area (Å²) in [6.45, 7) is 6.41. The number of ether oxygens (including phenoxy) is 1. The zero-order valence-electron chi connectivity index (χ0n) is 12.5. The minimum Gasteiger partial charge on any atom is -0.465 e. The minimum absolute atomic E-state index is 0.238. The first-order valence-electron chi connectivity index (χ1n) is 7.56. The van der Waals surface area contributed by atoms with E-state index in [1.165, 1.54) is 38.5 Å². The Bertz CT molecular complexity index is 219. The summed E-state index contributed by atoms with van der Waals surface area (Å²) in [4.78, 5) is 11.8. The molecule has 0 amide bonds. The molecule has 0 radical (unpaired) electrons. The highest BCUT2D eigenvalue weighted by Crippen LogP contribution is 2.19. The molecule has 0 heterocycles. The molecule has 0 aromatic carbocycles. The fraction of sp³-hybridized carbons (Fsp3) is 0.933. The summed E-state index contributed by atoms with van der Waals surface area (Å²) in [6, 6.07) is 0. The Balaban J connectivity index is 3.76. The minimum atomic E-state index is -0.764. The van der Waals surface area contributed by atoms with Gasteiger partial charge in [-0.1, -0.05) is 58.8 Å². The van der Waals surface area contributed by atoms with Crippen LogP contribution in [0.1, 0.15) is 78.6 Å². The summed E-state index contributed by atoms with van der Waals surface area (Å²) >= 11 is 0. The van der Waals surface area contributed by atoms with Crippen LogP contribution in [0, 0.1) is 0 Å². The van der Waals surface area contributed by atoms with Gasteiger partial charge in [-0.2, -0.15) is 0 Å². The van der Waals surface area contributed by atoms with Crippen molar-refractivity contribution in [3.63, 3.8) is 0 Å². The van der Waals surface area contributed by atoms with Crippen LogP contribution < -0.4 is 5.73 Å². The van der Waals surface area contributed by atoms with E-state index in [9.17, 15) is 4.79 Å². The highest BCUT2D eigenvalue weighted by molar-refractivity contribution is 5.80. The maximum atomic E-state index is 11.8. The lowest BCUT2D eigenvalue weighted by atomic mass is 9.90. The third-order valence-electron chi connectivity index (χ3n) is 3.54. The zero-order valence-corrected chi connectivity index (χ0v) is 12.5. The van der Waals surface area contributed by atoms with Gasteiger partial charge in [-0.25, -0.2) is 0 Å². The molecule has 0 aromatic rings. The first-order chi connectivity index (χ1) is 8.60. The van der Waals surface area contributed by atoms with E-state index >= 15 is 0 Å². The number of nitrogens with two attached hydrogens (primary N) is 1. The molecule has 3 nitrogen and oxygen atoms in total. The Morgan fingerprint density at radius 1 is 1.00 bits per heavy atom. The lowest BCUT2D eigenvalue weighted by molar-refractivity contribution is -0.150. The highest BCUT2D eigenvalue weighted by Gasteiger charge is 2.32. The van der Waals surface area contributed by atoms with Gasteiger partial charge in [-0.3, -0.25) is 4.79 Å². The van der Waals surface area contributed by atoms with E-state index < -0.39 is 5.54 Å². The van der Waals surface area contributed by atoms with Crippen molar-refractivity contribution in [3.8, 4) is 0 Å². The molecular formula is C15H31NO2. The molecule has 18 heavy (non-hydrogen) atoms. The van der Waals surface area contributed by atoms with Gasteiger partial charge in [0.15, 0.2) is 0 Å². The summed E-state index contributed by atoms with van der Waals surface area (Å²) in [5, 5.41) is 0. The summed E-state index contributed by atoms with van der Waals surface area (Å²) in [5.74, 6) is -0.238. The van der Waals surface area contributed by atoms with E-state index in [1.807, 2.05) is 13.8 Å². The van der Waals surface area contributed by atoms with Crippen molar-refractivity contribution >= 4 is 5.97 Å². The van der Waals surface area contributed by atoms with E-state index in [0.717, 1.165) is 12.8 Å². The number of hydrogen-bond acceptors (Lipinski definition) is 3. The Kier molecular flexibility index (Phi) is 10.0. The average molecular weight is 257 g/mol. The number of unbranched alkanes of at least 4 members (excludes halogenated alkanes) is 6. The van der Waals surface area contributed by atoms with E-state index in [-0.39, 0.29) is 5.97 Å². The van der Waals surface area contributed by atoms with Crippen LogP contribution in [0.2, 0.25) is 0 Å². The molecule has 3 heteroatoms. The number of esters is 1. The van der Waals surface area contributed by atoms with E-state index in [2.05, 4.69) is 6.92 Å². The molecule has 0 spiro atoms. The van der Waals surface area contributed by atoms with Crippen LogP contribution in [0.25, 0.3) is 0 Å². The van der Waals surface area contributed by atoms with Crippen LogP contribution >= 0.6 is 0 Å². The molecule has 0 aliphatic carbocycles. The number of rotatable bonds is 11. The van der Waals surface area contributed by atoms with Crippen molar-refractivity contribution in [2.75, 3.05) is 6.61 Å². The second-order valence-corrected chi connectivity index (χ2v) is 5.10. The van der Waals surface area contributed by atoms with Gasteiger partial charge < -0.3 is 10.5 Å². The van der Waals surface area contributed by atoms with Gasteiger partial charge in [-0.05, 0) is 19.8 Å². The molecule has 2 N–H and O–H groups in total. The van der Waals surface area contributed by atoms with Gasteiger partial charge in [0.2, 0.25) is 0 Å². The molecule has 0 saturated heterocycles. The molecule has 0 fully saturated rings. The SMILES string of the molecule is CCCCCCCCCC(N)(CC)C(=O)OCC. The van der Waals surface area contributed by atoms with Crippen molar-refractivity contribution in [3.05, 3.63) is 0 Å². The van der Waals surface area contributed by atoms with Crippen LogP contribution in [0.15, 0.2) is 0 Å². The molecular weight excluding hydrogens is 226 g/mol. The maximum Gasteiger partial charge on any atom is 0.326 e. The second kappa shape index (κ2) is 10.4. The van der Waals surface area contributed by atoms with Crippen molar-refractivity contribution in [1.29, 1.82) is 0 Å². The monoisotopic (exact) mass is 257 g/mol. The molecule has 1 atom stereocenters. The van der Waals surface area contributed by atoms with E-state index in [1.54, 1.807) is 0 Å². The zero-order chi connectivity index (χ0) is 13.9. The van der Waals surface area contributed by atoms with Crippen LogP contribution in [0.4, 0.5) is 0 Å². The predicted molar refractivity (Wildman–Crippen MR) is 76.5 cm³/mol.